The molecule has 0 fully saturated rings. The Hall–Kier alpha value is 0.457. The SMILES string of the molecule is O=S([O-])OCC(F)(F)F.[H-].[Li+]. The monoisotopic (exact) mass is 171 g/mol. The van der Waals surface area contributed by atoms with Gasteiger partial charge in [-0.3, -0.25) is 4.18 Å². The topological polar surface area (TPSA) is 49.4 Å². The zero-order chi connectivity index (χ0) is 7.49. The minimum Gasteiger partial charge on any atom is -1.00 e. The van der Waals surface area contributed by atoms with Gasteiger partial charge in [-0.2, -0.15) is 13.2 Å². The number of rotatable bonds is 2. The van der Waals surface area contributed by atoms with Crippen molar-refractivity contribution in [3.8, 4) is 0 Å². The third kappa shape index (κ3) is 11.3. The van der Waals surface area contributed by atoms with Gasteiger partial charge in [-0.1, -0.05) is 0 Å². The van der Waals surface area contributed by atoms with Crippen LogP contribution in [0.2, 0.25) is 0 Å². The second-order valence-corrected chi connectivity index (χ2v) is 1.73. The summed E-state index contributed by atoms with van der Waals surface area (Å²) in [6, 6.07) is 0. The van der Waals surface area contributed by atoms with Crippen LogP contribution in [-0.4, -0.2) is 21.5 Å². The molecule has 0 bridgehead atoms. The van der Waals surface area contributed by atoms with E-state index in [0.29, 0.717) is 0 Å². The largest absolute Gasteiger partial charge is 1.00 e. The average molecular weight is 171 g/mol. The molecule has 0 aliphatic heterocycles. The minimum atomic E-state index is -4.58. The van der Waals surface area contributed by atoms with E-state index in [1.807, 2.05) is 0 Å². The molecule has 1 unspecified atom stereocenters. The van der Waals surface area contributed by atoms with Crippen molar-refractivity contribution >= 4 is 11.4 Å². The Labute approximate surface area is 71.1 Å². The van der Waals surface area contributed by atoms with Crippen molar-refractivity contribution in [2.45, 2.75) is 6.18 Å². The van der Waals surface area contributed by atoms with Crippen LogP contribution in [0.5, 0.6) is 0 Å². The van der Waals surface area contributed by atoms with E-state index in [1.165, 1.54) is 0 Å². The summed E-state index contributed by atoms with van der Waals surface area (Å²) in [6.07, 6.45) is -4.58. The molecule has 0 aromatic heterocycles. The fourth-order valence-electron chi connectivity index (χ4n) is 0.115. The normalized spacial score (nSPS) is 14.0. The number of halogens is 3. The maximum atomic E-state index is 11.0. The second-order valence-electron chi connectivity index (χ2n) is 1.08. The predicted molar refractivity (Wildman–Crippen MR) is 22.0 cm³/mol. The van der Waals surface area contributed by atoms with Crippen LogP contribution in [0, 0.1) is 0 Å². The van der Waals surface area contributed by atoms with Gasteiger partial charge in [-0.15, -0.1) is 0 Å². The molecule has 0 spiro atoms. The molecule has 0 rings (SSSR count). The van der Waals surface area contributed by atoms with E-state index in [2.05, 4.69) is 4.18 Å². The summed E-state index contributed by atoms with van der Waals surface area (Å²) < 4.78 is 54.9. The second kappa shape index (κ2) is 5.15. The quantitative estimate of drug-likeness (QED) is 0.340. The molecule has 10 heavy (non-hydrogen) atoms. The molecule has 0 aromatic carbocycles. The molecule has 0 aliphatic carbocycles. The fourth-order valence-corrected chi connectivity index (χ4v) is 0.345. The molecule has 3 nitrogen and oxygen atoms in total. The van der Waals surface area contributed by atoms with Gasteiger partial charge in [0.05, 0.1) is 11.4 Å². The predicted octanol–water partition coefficient (Wildman–Crippen LogP) is -2.52. The molecule has 0 radical (unpaired) electrons. The van der Waals surface area contributed by atoms with Crippen LogP contribution in [0.25, 0.3) is 0 Å². The van der Waals surface area contributed by atoms with Gasteiger partial charge in [-0.05, 0) is 0 Å². The summed E-state index contributed by atoms with van der Waals surface area (Å²) in [7, 11) is 0. The first-order valence-electron chi connectivity index (χ1n) is 1.71. The van der Waals surface area contributed by atoms with Gasteiger partial charge in [0.2, 0.25) is 0 Å². The average Bonchev–Trinajstić information content (AvgIpc) is 1.59. The molecule has 0 saturated carbocycles. The van der Waals surface area contributed by atoms with Crippen molar-refractivity contribution in [1.82, 2.24) is 0 Å². The van der Waals surface area contributed by atoms with E-state index in [4.69, 9.17) is 0 Å². The molecule has 1 atom stereocenters. The van der Waals surface area contributed by atoms with Crippen LogP contribution in [-0.2, 0) is 15.5 Å². The summed E-state index contributed by atoms with van der Waals surface area (Å²) >= 11 is -3.08. The molecule has 58 valence electrons. The number of alkyl halides is 3. The third-order valence-electron chi connectivity index (χ3n) is 0.319. The van der Waals surface area contributed by atoms with Gasteiger partial charge in [-0.25, -0.2) is 4.21 Å². The zero-order valence-corrected chi connectivity index (χ0v) is 5.79. The van der Waals surface area contributed by atoms with Crippen LogP contribution in [0.1, 0.15) is 1.43 Å². The van der Waals surface area contributed by atoms with E-state index in [-0.39, 0.29) is 20.3 Å². The van der Waals surface area contributed by atoms with Crippen molar-refractivity contribution in [3.05, 3.63) is 0 Å². The van der Waals surface area contributed by atoms with Gasteiger partial charge in [0.25, 0.3) is 0 Å². The maximum absolute atomic E-state index is 11.0. The summed E-state index contributed by atoms with van der Waals surface area (Å²) in [5.41, 5.74) is 0. The van der Waals surface area contributed by atoms with Gasteiger partial charge in [0, 0.05) is 0 Å². The smallest absolute Gasteiger partial charge is 1.00 e. The summed E-state index contributed by atoms with van der Waals surface area (Å²) in [5, 5.41) is 0. The molecular formula is C2H3F3LiO3S-. The minimum absolute atomic E-state index is 0. The molecular weight excluding hydrogens is 168 g/mol. The maximum Gasteiger partial charge on any atom is 1.00 e. The zero-order valence-electron chi connectivity index (χ0n) is 5.97. The Balaban J connectivity index is -0.000000320. The Morgan fingerprint density at radius 1 is 1.60 bits per heavy atom. The first-order chi connectivity index (χ1) is 3.92. The van der Waals surface area contributed by atoms with Crippen LogP contribution in [0.15, 0.2) is 0 Å². The molecule has 0 saturated heterocycles. The van der Waals surface area contributed by atoms with Crippen LogP contribution < -0.4 is 18.9 Å². The van der Waals surface area contributed by atoms with Crippen LogP contribution in [0.4, 0.5) is 13.2 Å². The van der Waals surface area contributed by atoms with E-state index >= 15 is 0 Å². The fraction of sp³-hybridized carbons (Fsp3) is 1.00. The van der Waals surface area contributed by atoms with Gasteiger partial charge < -0.3 is 5.98 Å². The van der Waals surface area contributed by atoms with E-state index in [0.717, 1.165) is 0 Å². The van der Waals surface area contributed by atoms with Crippen molar-refractivity contribution in [2.24, 2.45) is 0 Å². The molecule has 8 heteroatoms. The standard InChI is InChI=1S/C2H3F3O3S.Li.H/c3-2(4,5)1-8-9(6)7;;/h1H2,(H,6,7);;/q;+1;-1/p-1. The summed E-state index contributed by atoms with van der Waals surface area (Å²) in [6.45, 7) is -1.76. The molecule has 0 amide bonds. The van der Waals surface area contributed by atoms with Gasteiger partial charge in [0.1, 0.15) is 0 Å². The van der Waals surface area contributed by atoms with Gasteiger partial charge >= 0.3 is 25.0 Å². The van der Waals surface area contributed by atoms with E-state index in [1.54, 1.807) is 0 Å². The Morgan fingerprint density at radius 3 is 2.10 bits per heavy atom. The Bertz CT molecular complexity index is 120. The molecule has 0 heterocycles. The van der Waals surface area contributed by atoms with Crippen LogP contribution >= 0.6 is 0 Å². The first-order valence-corrected chi connectivity index (χ1v) is 2.71. The summed E-state index contributed by atoms with van der Waals surface area (Å²) in [4.78, 5) is 0. The first kappa shape index (κ1) is 13.1. The molecule has 0 aliphatic rings. The third-order valence-corrected chi connectivity index (χ3v) is 0.629. The van der Waals surface area contributed by atoms with Crippen molar-refractivity contribution in [3.63, 3.8) is 0 Å². The molecule has 0 aromatic rings. The van der Waals surface area contributed by atoms with Gasteiger partial charge in [0.15, 0.2) is 6.61 Å². The van der Waals surface area contributed by atoms with E-state index in [9.17, 15) is 21.9 Å². The Kier molecular flexibility index (Phi) is 6.74. The van der Waals surface area contributed by atoms with E-state index < -0.39 is 24.1 Å². The van der Waals surface area contributed by atoms with Crippen LogP contribution in [0.3, 0.4) is 0 Å². The number of hydrogen-bond acceptors (Lipinski definition) is 3. The Morgan fingerprint density at radius 2 is 2.00 bits per heavy atom. The molecule has 0 N–H and O–H groups in total. The van der Waals surface area contributed by atoms with Crippen molar-refractivity contribution < 1.29 is 46.4 Å². The number of hydrogen-bond donors (Lipinski definition) is 0. The summed E-state index contributed by atoms with van der Waals surface area (Å²) in [5.74, 6) is 0. The van der Waals surface area contributed by atoms with Crippen molar-refractivity contribution in [1.29, 1.82) is 0 Å². The van der Waals surface area contributed by atoms with Crippen molar-refractivity contribution in [2.75, 3.05) is 6.61 Å².